The van der Waals surface area contributed by atoms with E-state index >= 15 is 0 Å². The van der Waals surface area contributed by atoms with Gasteiger partial charge < -0.3 is 39.0 Å². The first-order chi connectivity index (χ1) is 36.6. The predicted molar refractivity (Wildman–Crippen MR) is 303 cm³/mol. The largest absolute Gasteiger partial charge is 0.479 e. The fourth-order valence-corrected chi connectivity index (χ4v) is 8.25. The number of aliphatic hydroxyl groups is 2. The van der Waals surface area contributed by atoms with E-state index in [1.807, 2.05) is 12.2 Å². The van der Waals surface area contributed by atoms with Crippen molar-refractivity contribution in [2.45, 2.75) is 263 Å². The summed E-state index contributed by atoms with van der Waals surface area (Å²) in [6, 6.07) is 0. The standard InChI is InChI=1S/C63H102O12/c1-4-7-10-13-16-19-22-25-27-28-30-32-34-37-40-43-46-49-55(64)71-52-54(73-56(65)50-47-44-41-38-35-31-24-21-18-15-12-9-6-3)53-72-63-61(59(68)58(67)60(75-63)62(69)70)74-57(66)51-48-45-42-39-36-33-29-26-23-20-17-14-11-8-5-2/h8-9,11-12,17-18,20-21,26,29,31,35-36,39,41,44,54,58-61,63,67-68H,4-7,10,13-16,19,22-25,27-28,30,32-34,37-38,40,42-43,45-53H2,1-3H3,(H,69,70)/b11-8-,12-9-,20-17-,21-18-,29-26-,35-31-,39-36-,44-41-. The van der Waals surface area contributed by atoms with E-state index in [1.54, 1.807) is 0 Å². The van der Waals surface area contributed by atoms with Gasteiger partial charge in [0.05, 0.1) is 6.61 Å². The molecule has 12 heteroatoms. The van der Waals surface area contributed by atoms with E-state index in [0.717, 1.165) is 70.6 Å². The Morgan fingerprint density at radius 2 is 0.867 bits per heavy atom. The van der Waals surface area contributed by atoms with Crippen LogP contribution in [0.1, 0.15) is 226 Å². The van der Waals surface area contributed by atoms with Crippen molar-refractivity contribution in [3.8, 4) is 0 Å². The average molecular weight is 1050 g/mol. The second-order valence-electron chi connectivity index (χ2n) is 19.5. The van der Waals surface area contributed by atoms with Crippen LogP contribution in [0.25, 0.3) is 0 Å². The van der Waals surface area contributed by atoms with Crippen LogP contribution in [0.15, 0.2) is 97.2 Å². The molecule has 1 aliphatic heterocycles. The zero-order chi connectivity index (χ0) is 54.7. The van der Waals surface area contributed by atoms with Crippen LogP contribution >= 0.6 is 0 Å². The Kier molecular flexibility index (Phi) is 46.2. The van der Waals surface area contributed by atoms with Crippen LogP contribution in [0.5, 0.6) is 0 Å². The molecule has 1 heterocycles. The number of aliphatic hydroxyl groups excluding tert-OH is 2. The van der Waals surface area contributed by atoms with Crippen LogP contribution in [-0.2, 0) is 42.9 Å². The van der Waals surface area contributed by atoms with E-state index in [9.17, 15) is 34.5 Å². The molecule has 1 rings (SSSR count). The van der Waals surface area contributed by atoms with Gasteiger partial charge in [-0.25, -0.2) is 4.79 Å². The molecule has 1 saturated heterocycles. The Labute approximate surface area is 453 Å². The molecule has 6 unspecified atom stereocenters. The minimum absolute atomic E-state index is 0.00315. The molecular weight excluding hydrogens is 949 g/mol. The Hall–Kier alpha value is -4.36. The molecule has 0 aromatic rings. The maximum Gasteiger partial charge on any atom is 0.335 e. The molecule has 1 fully saturated rings. The number of hydrogen-bond acceptors (Lipinski definition) is 11. The molecule has 0 saturated carbocycles. The number of ether oxygens (including phenoxy) is 5. The predicted octanol–water partition coefficient (Wildman–Crippen LogP) is 14.9. The van der Waals surface area contributed by atoms with E-state index < -0.39 is 67.3 Å². The minimum atomic E-state index is -1.93. The van der Waals surface area contributed by atoms with Crippen molar-refractivity contribution in [3.05, 3.63) is 97.2 Å². The average Bonchev–Trinajstić information content (AvgIpc) is 3.39. The summed E-state index contributed by atoms with van der Waals surface area (Å²) < 4.78 is 28.3. The number of allylic oxidation sites excluding steroid dienone is 16. The third-order valence-electron chi connectivity index (χ3n) is 12.7. The molecule has 426 valence electrons. The van der Waals surface area contributed by atoms with Crippen molar-refractivity contribution in [1.29, 1.82) is 0 Å². The van der Waals surface area contributed by atoms with Gasteiger partial charge in [0, 0.05) is 19.3 Å². The van der Waals surface area contributed by atoms with Crippen molar-refractivity contribution in [2.75, 3.05) is 13.2 Å². The van der Waals surface area contributed by atoms with E-state index in [1.165, 1.54) is 83.5 Å². The summed E-state index contributed by atoms with van der Waals surface area (Å²) >= 11 is 0. The number of rotatable bonds is 48. The summed E-state index contributed by atoms with van der Waals surface area (Å²) in [5, 5.41) is 31.4. The van der Waals surface area contributed by atoms with Gasteiger partial charge in [0.2, 0.25) is 0 Å². The van der Waals surface area contributed by atoms with E-state index in [-0.39, 0.29) is 25.9 Å². The Morgan fingerprint density at radius 1 is 0.453 bits per heavy atom. The molecule has 0 aromatic carbocycles. The molecule has 6 atom stereocenters. The van der Waals surface area contributed by atoms with Crippen molar-refractivity contribution >= 4 is 23.9 Å². The summed E-state index contributed by atoms with van der Waals surface area (Å²) in [5.74, 6) is -3.29. The maximum absolute atomic E-state index is 13.1. The number of carboxylic acid groups (broad SMARTS) is 1. The number of esters is 3. The lowest BCUT2D eigenvalue weighted by Crippen LogP contribution is -2.61. The number of carbonyl (C=O) groups is 4. The lowest BCUT2D eigenvalue weighted by Gasteiger charge is -2.40. The van der Waals surface area contributed by atoms with Gasteiger partial charge in [-0.15, -0.1) is 0 Å². The molecule has 0 spiro atoms. The smallest absolute Gasteiger partial charge is 0.335 e. The lowest BCUT2D eigenvalue weighted by atomic mass is 9.98. The van der Waals surface area contributed by atoms with Gasteiger partial charge in [-0.1, -0.05) is 221 Å². The Bertz CT molecular complexity index is 1670. The van der Waals surface area contributed by atoms with Crippen LogP contribution in [0, 0.1) is 0 Å². The molecule has 3 N–H and O–H groups in total. The summed E-state index contributed by atoms with van der Waals surface area (Å²) in [6.45, 7) is 5.68. The molecule has 0 aromatic heterocycles. The number of carboxylic acids is 1. The maximum atomic E-state index is 13.1. The Morgan fingerprint density at radius 3 is 1.33 bits per heavy atom. The van der Waals surface area contributed by atoms with Crippen LogP contribution < -0.4 is 0 Å². The minimum Gasteiger partial charge on any atom is -0.479 e. The second kappa shape index (κ2) is 50.5. The second-order valence-corrected chi connectivity index (χ2v) is 19.5. The third kappa shape index (κ3) is 40.6. The summed E-state index contributed by atoms with van der Waals surface area (Å²) in [6.07, 6.45) is 54.1. The molecule has 0 bridgehead atoms. The first kappa shape index (κ1) is 68.7. The van der Waals surface area contributed by atoms with E-state index in [4.69, 9.17) is 23.7 Å². The van der Waals surface area contributed by atoms with Crippen LogP contribution in [-0.4, -0.2) is 89.2 Å². The fraction of sp³-hybridized carbons (Fsp3) is 0.683. The number of carbonyl (C=O) groups excluding carboxylic acids is 3. The summed E-state index contributed by atoms with van der Waals surface area (Å²) in [4.78, 5) is 51.0. The van der Waals surface area contributed by atoms with Crippen molar-refractivity contribution in [2.24, 2.45) is 0 Å². The van der Waals surface area contributed by atoms with Crippen LogP contribution in [0.3, 0.4) is 0 Å². The van der Waals surface area contributed by atoms with Crippen molar-refractivity contribution in [3.63, 3.8) is 0 Å². The zero-order valence-electron chi connectivity index (χ0n) is 46.8. The van der Waals surface area contributed by atoms with E-state index in [2.05, 4.69) is 106 Å². The molecule has 0 radical (unpaired) electrons. The highest BCUT2D eigenvalue weighted by Crippen LogP contribution is 2.26. The van der Waals surface area contributed by atoms with Crippen molar-refractivity contribution < 1.29 is 58.2 Å². The summed E-state index contributed by atoms with van der Waals surface area (Å²) in [7, 11) is 0. The third-order valence-corrected chi connectivity index (χ3v) is 12.7. The van der Waals surface area contributed by atoms with Gasteiger partial charge in [0.15, 0.2) is 24.6 Å². The molecule has 0 aliphatic carbocycles. The highest BCUT2D eigenvalue weighted by atomic mass is 16.7. The molecule has 1 aliphatic rings. The van der Waals surface area contributed by atoms with Crippen LogP contribution in [0.2, 0.25) is 0 Å². The van der Waals surface area contributed by atoms with Gasteiger partial charge in [0.1, 0.15) is 18.8 Å². The Balaban J connectivity index is 2.74. The van der Waals surface area contributed by atoms with E-state index in [0.29, 0.717) is 32.1 Å². The number of unbranched alkanes of at least 4 members (excludes halogenated alkanes) is 18. The quantitative estimate of drug-likeness (QED) is 0.0228. The van der Waals surface area contributed by atoms with Gasteiger partial charge in [-0.2, -0.15) is 0 Å². The van der Waals surface area contributed by atoms with Gasteiger partial charge in [0.25, 0.3) is 0 Å². The van der Waals surface area contributed by atoms with Gasteiger partial charge in [-0.3, -0.25) is 14.4 Å². The molecule has 0 amide bonds. The molecule has 75 heavy (non-hydrogen) atoms. The van der Waals surface area contributed by atoms with Crippen LogP contribution in [0.4, 0.5) is 0 Å². The monoisotopic (exact) mass is 1050 g/mol. The lowest BCUT2D eigenvalue weighted by molar-refractivity contribution is -0.301. The zero-order valence-corrected chi connectivity index (χ0v) is 46.8. The number of hydrogen-bond donors (Lipinski definition) is 3. The number of aliphatic carboxylic acids is 1. The highest BCUT2D eigenvalue weighted by molar-refractivity contribution is 5.74. The summed E-state index contributed by atoms with van der Waals surface area (Å²) in [5.41, 5.74) is 0. The first-order valence-corrected chi connectivity index (χ1v) is 29.2. The van der Waals surface area contributed by atoms with Gasteiger partial charge >= 0.3 is 23.9 Å². The molecule has 12 nitrogen and oxygen atoms in total. The first-order valence-electron chi connectivity index (χ1n) is 29.2. The molecular formula is C63H102O12. The van der Waals surface area contributed by atoms with Crippen molar-refractivity contribution in [1.82, 2.24) is 0 Å². The SMILES string of the molecule is CC/C=C\C/C=C\C/C=C\C/C=C\CCCCC(=O)OC1C(OCC(COC(=O)CCCCCCCCCCCCCCCCCCC)OC(=O)CC/C=C\C/C=C\C/C=C\C/C=C\CC)OC(C(=O)O)C(O)C1O. The fourth-order valence-electron chi connectivity index (χ4n) is 8.25. The van der Waals surface area contributed by atoms with Gasteiger partial charge in [-0.05, 0) is 83.5 Å². The highest BCUT2D eigenvalue weighted by Gasteiger charge is 2.50. The normalized spacial score (nSPS) is 18.9. The topological polar surface area (TPSA) is 175 Å².